The van der Waals surface area contributed by atoms with Gasteiger partial charge in [-0.25, -0.2) is 13.6 Å². The number of aryl methyl sites for hydroxylation is 2. The van der Waals surface area contributed by atoms with Crippen molar-refractivity contribution in [1.29, 1.82) is 0 Å². The lowest BCUT2D eigenvalue weighted by Gasteiger charge is -2.13. The second-order valence-electron chi connectivity index (χ2n) is 4.72. The Morgan fingerprint density at radius 3 is 2.17 bits per heavy atom. The van der Waals surface area contributed by atoms with Crippen LogP contribution in [-0.4, -0.2) is 22.6 Å². The number of ether oxygens (including phenoxy) is 1. The summed E-state index contributed by atoms with van der Waals surface area (Å²) in [5, 5.41) is 4.91. The van der Waals surface area contributed by atoms with Crippen LogP contribution in [0.5, 0.6) is 6.01 Å². The molecule has 0 saturated carbocycles. The summed E-state index contributed by atoms with van der Waals surface area (Å²) in [5.74, 6) is -1.56. The van der Waals surface area contributed by atoms with E-state index in [-0.39, 0.29) is 11.7 Å². The van der Waals surface area contributed by atoms with Crippen LogP contribution in [0.1, 0.15) is 18.3 Å². The van der Waals surface area contributed by atoms with E-state index in [2.05, 4.69) is 20.6 Å². The molecule has 2 rings (SSSR count). The van der Waals surface area contributed by atoms with Crippen molar-refractivity contribution in [3.8, 4) is 6.01 Å². The number of nitrogens with one attached hydrogen (secondary N) is 2. The summed E-state index contributed by atoms with van der Waals surface area (Å²) in [6, 6.07) is 2.31. The number of amides is 2. The van der Waals surface area contributed by atoms with Crippen LogP contribution in [0.25, 0.3) is 0 Å². The van der Waals surface area contributed by atoms with Gasteiger partial charge in [-0.15, -0.1) is 0 Å². The maximum Gasteiger partial charge on any atom is 0.323 e. The van der Waals surface area contributed by atoms with E-state index in [1.54, 1.807) is 13.8 Å². The van der Waals surface area contributed by atoms with Crippen molar-refractivity contribution in [3.63, 3.8) is 0 Å². The number of halogens is 2. The molecule has 1 aromatic carbocycles. The molecule has 0 aliphatic rings. The van der Waals surface area contributed by atoms with Gasteiger partial charge in [0, 0.05) is 11.8 Å². The third-order valence-corrected chi connectivity index (χ3v) is 2.88. The molecule has 6 nitrogen and oxygen atoms in total. The molecule has 0 atom stereocenters. The minimum atomic E-state index is -0.780. The Morgan fingerprint density at radius 2 is 1.65 bits per heavy atom. The second kappa shape index (κ2) is 6.99. The molecule has 0 bridgehead atoms. The number of hydrogen-bond acceptors (Lipinski definition) is 4. The van der Waals surface area contributed by atoms with Crippen LogP contribution in [0.3, 0.4) is 0 Å². The number of carbonyl (C=O) groups excluding carboxylic acids is 1. The van der Waals surface area contributed by atoms with Crippen LogP contribution < -0.4 is 15.4 Å². The van der Waals surface area contributed by atoms with E-state index in [1.165, 1.54) is 0 Å². The van der Waals surface area contributed by atoms with E-state index < -0.39 is 17.7 Å². The van der Waals surface area contributed by atoms with E-state index in [4.69, 9.17) is 4.74 Å². The fourth-order valence-corrected chi connectivity index (χ4v) is 1.96. The van der Waals surface area contributed by atoms with Gasteiger partial charge in [-0.2, -0.15) is 9.97 Å². The van der Waals surface area contributed by atoms with Gasteiger partial charge in [0.05, 0.1) is 23.7 Å². The fraction of sp³-hybridized carbons (Fsp3) is 0.267. The molecule has 0 spiro atoms. The molecule has 1 aromatic heterocycles. The molecule has 2 N–H and O–H groups in total. The van der Waals surface area contributed by atoms with Gasteiger partial charge in [-0.1, -0.05) is 0 Å². The Hall–Kier alpha value is -2.77. The number of anilines is 2. The molecule has 0 radical (unpaired) electrons. The van der Waals surface area contributed by atoms with Gasteiger partial charge in [0.2, 0.25) is 0 Å². The number of hydrogen-bond donors (Lipinski definition) is 2. The quantitative estimate of drug-likeness (QED) is 0.904. The van der Waals surface area contributed by atoms with Crippen LogP contribution in [0.2, 0.25) is 0 Å². The summed E-state index contributed by atoms with van der Waals surface area (Å²) in [4.78, 5) is 20.2. The SMILES string of the molecule is CCOc1nc(C)c(NC(=O)Nc2cc(F)cc(F)c2)c(C)n1. The zero-order valence-corrected chi connectivity index (χ0v) is 12.9. The highest BCUT2D eigenvalue weighted by atomic mass is 19.1. The number of carbonyl (C=O) groups is 1. The molecule has 0 unspecified atom stereocenters. The summed E-state index contributed by atoms with van der Waals surface area (Å²) in [6.07, 6.45) is 0. The van der Waals surface area contributed by atoms with E-state index in [1.807, 2.05) is 6.92 Å². The van der Waals surface area contributed by atoms with Gasteiger partial charge >= 0.3 is 12.0 Å². The Kier molecular flexibility index (Phi) is 5.05. The first-order valence-corrected chi connectivity index (χ1v) is 6.91. The second-order valence-corrected chi connectivity index (χ2v) is 4.72. The van der Waals surface area contributed by atoms with Crippen molar-refractivity contribution in [2.75, 3.05) is 17.2 Å². The zero-order chi connectivity index (χ0) is 17.0. The summed E-state index contributed by atoms with van der Waals surface area (Å²) in [5.41, 5.74) is 1.44. The smallest absolute Gasteiger partial charge is 0.323 e. The molecule has 0 fully saturated rings. The van der Waals surface area contributed by atoms with Gasteiger partial charge in [-0.3, -0.25) is 0 Å². The number of urea groups is 1. The van der Waals surface area contributed by atoms with Crippen LogP contribution >= 0.6 is 0 Å². The topological polar surface area (TPSA) is 76.1 Å². The van der Waals surface area contributed by atoms with Crippen LogP contribution in [-0.2, 0) is 0 Å². The normalized spacial score (nSPS) is 10.3. The maximum absolute atomic E-state index is 13.1. The predicted molar refractivity (Wildman–Crippen MR) is 81.7 cm³/mol. The minimum absolute atomic E-state index is 0.00200. The average Bonchev–Trinajstić information content (AvgIpc) is 2.42. The van der Waals surface area contributed by atoms with E-state index in [9.17, 15) is 13.6 Å². The standard InChI is InChI=1S/C15H16F2N4O2/c1-4-23-15-18-8(2)13(9(3)19-15)21-14(22)20-12-6-10(16)5-11(17)7-12/h5-7H,4H2,1-3H3,(H2,20,21,22). The minimum Gasteiger partial charge on any atom is -0.464 e. The molecule has 122 valence electrons. The summed E-state index contributed by atoms with van der Waals surface area (Å²) in [6.45, 7) is 5.62. The van der Waals surface area contributed by atoms with E-state index in [0.29, 0.717) is 23.7 Å². The average molecular weight is 322 g/mol. The Morgan fingerprint density at radius 1 is 1.09 bits per heavy atom. The molecule has 0 aliphatic carbocycles. The van der Waals surface area contributed by atoms with Crippen molar-refractivity contribution in [2.24, 2.45) is 0 Å². The third-order valence-electron chi connectivity index (χ3n) is 2.88. The van der Waals surface area contributed by atoms with Crippen molar-refractivity contribution in [3.05, 3.63) is 41.2 Å². The fourth-order valence-electron chi connectivity index (χ4n) is 1.96. The number of nitrogens with zero attached hydrogens (tertiary/aromatic N) is 2. The van der Waals surface area contributed by atoms with Crippen molar-refractivity contribution in [1.82, 2.24) is 9.97 Å². The van der Waals surface area contributed by atoms with Crippen LogP contribution in [0.4, 0.5) is 25.0 Å². The highest BCUT2D eigenvalue weighted by Crippen LogP contribution is 2.20. The zero-order valence-electron chi connectivity index (χ0n) is 12.9. The van der Waals surface area contributed by atoms with Crippen molar-refractivity contribution < 1.29 is 18.3 Å². The van der Waals surface area contributed by atoms with Crippen molar-refractivity contribution in [2.45, 2.75) is 20.8 Å². The predicted octanol–water partition coefficient (Wildman–Crippen LogP) is 3.41. The largest absolute Gasteiger partial charge is 0.464 e. The number of aromatic nitrogens is 2. The van der Waals surface area contributed by atoms with Gasteiger partial charge in [-0.05, 0) is 32.9 Å². The third kappa shape index (κ3) is 4.35. The van der Waals surface area contributed by atoms with Crippen LogP contribution in [0.15, 0.2) is 18.2 Å². The first kappa shape index (κ1) is 16.6. The lowest BCUT2D eigenvalue weighted by atomic mass is 10.3. The lowest BCUT2D eigenvalue weighted by Crippen LogP contribution is -2.21. The first-order valence-electron chi connectivity index (χ1n) is 6.91. The lowest BCUT2D eigenvalue weighted by molar-refractivity contribution is 0.262. The Balaban J connectivity index is 2.14. The van der Waals surface area contributed by atoms with E-state index >= 15 is 0 Å². The highest BCUT2D eigenvalue weighted by molar-refractivity contribution is 6.00. The van der Waals surface area contributed by atoms with Gasteiger partial charge in [0.1, 0.15) is 11.6 Å². The number of rotatable bonds is 4. The van der Waals surface area contributed by atoms with Crippen LogP contribution in [0, 0.1) is 25.5 Å². The monoisotopic (exact) mass is 322 g/mol. The molecule has 0 saturated heterocycles. The molecule has 23 heavy (non-hydrogen) atoms. The first-order chi connectivity index (χ1) is 10.9. The molecule has 2 aromatic rings. The summed E-state index contributed by atoms with van der Waals surface area (Å²) < 4.78 is 31.4. The molecular formula is C15H16F2N4O2. The van der Waals surface area contributed by atoms with Crippen molar-refractivity contribution >= 4 is 17.4 Å². The molecule has 8 heteroatoms. The highest BCUT2D eigenvalue weighted by Gasteiger charge is 2.13. The maximum atomic E-state index is 13.1. The molecular weight excluding hydrogens is 306 g/mol. The van der Waals surface area contributed by atoms with Gasteiger partial charge in [0.15, 0.2) is 0 Å². The van der Waals surface area contributed by atoms with E-state index in [0.717, 1.165) is 18.2 Å². The molecule has 2 amide bonds. The Labute approximate surface area is 131 Å². The summed E-state index contributed by atoms with van der Waals surface area (Å²) >= 11 is 0. The van der Waals surface area contributed by atoms with Gasteiger partial charge < -0.3 is 15.4 Å². The number of benzene rings is 1. The Bertz CT molecular complexity index is 694. The van der Waals surface area contributed by atoms with Gasteiger partial charge in [0.25, 0.3) is 0 Å². The summed E-state index contributed by atoms with van der Waals surface area (Å²) in [7, 11) is 0. The molecule has 1 heterocycles. The molecule has 0 aliphatic heterocycles.